The second-order valence-electron chi connectivity index (χ2n) is 4.21. The van der Waals surface area contributed by atoms with Gasteiger partial charge in [0.1, 0.15) is 5.75 Å². The Balaban J connectivity index is 2.54. The van der Waals surface area contributed by atoms with Crippen LogP contribution in [0, 0.1) is 0 Å². The van der Waals surface area contributed by atoms with Crippen LogP contribution >= 0.6 is 23.2 Å². The van der Waals surface area contributed by atoms with Crippen molar-refractivity contribution in [3.05, 3.63) is 52.0 Å². The van der Waals surface area contributed by atoms with Crippen LogP contribution in [-0.2, 0) is 6.42 Å². The summed E-state index contributed by atoms with van der Waals surface area (Å²) in [5.74, 6) is 0.635. The van der Waals surface area contributed by atoms with E-state index in [9.17, 15) is 0 Å². The molecule has 0 unspecified atom stereocenters. The van der Waals surface area contributed by atoms with Crippen molar-refractivity contribution < 1.29 is 4.74 Å². The van der Waals surface area contributed by atoms with Crippen molar-refractivity contribution in [1.82, 2.24) is 0 Å². The fourth-order valence-corrected chi connectivity index (χ4v) is 2.61. The first-order valence-corrected chi connectivity index (χ1v) is 6.73. The van der Waals surface area contributed by atoms with Gasteiger partial charge in [0.15, 0.2) is 0 Å². The van der Waals surface area contributed by atoms with Gasteiger partial charge in [0.25, 0.3) is 0 Å². The summed E-state index contributed by atoms with van der Waals surface area (Å²) < 4.78 is 5.37. The van der Waals surface area contributed by atoms with E-state index in [1.807, 2.05) is 18.2 Å². The molecule has 2 aromatic rings. The average molecular weight is 296 g/mol. The summed E-state index contributed by atoms with van der Waals surface area (Å²) in [6.07, 6.45) is 0.838. The molecule has 0 aliphatic rings. The molecule has 19 heavy (non-hydrogen) atoms. The van der Waals surface area contributed by atoms with E-state index in [4.69, 9.17) is 33.7 Å². The summed E-state index contributed by atoms with van der Waals surface area (Å²) in [5, 5.41) is 1.10. The van der Waals surface area contributed by atoms with E-state index >= 15 is 0 Å². The van der Waals surface area contributed by atoms with Gasteiger partial charge in [0.2, 0.25) is 0 Å². The lowest BCUT2D eigenvalue weighted by Crippen LogP contribution is -2.02. The standard InChI is InChI=1S/C15H15Cl2NO/c1-19-15-13(8-12(16)9-14(15)17)11-4-2-3-10(7-11)5-6-18/h2-4,7-9H,5-6,18H2,1H3. The molecule has 0 saturated heterocycles. The van der Waals surface area contributed by atoms with E-state index in [0.29, 0.717) is 22.3 Å². The fourth-order valence-electron chi connectivity index (χ4n) is 2.04. The minimum Gasteiger partial charge on any atom is -0.495 e. The molecule has 0 atom stereocenters. The summed E-state index contributed by atoms with van der Waals surface area (Å²) in [7, 11) is 1.60. The Hall–Kier alpha value is -1.22. The van der Waals surface area contributed by atoms with Crippen LogP contribution < -0.4 is 10.5 Å². The van der Waals surface area contributed by atoms with Crippen LogP contribution in [0.4, 0.5) is 0 Å². The van der Waals surface area contributed by atoms with E-state index in [-0.39, 0.29) is 0 Å². The molecule has 2 rings (SSSR count). The molecule has 100 valence electrons. The molecule has 0 fully saturated rings. The van der Waals surface area contributed by atoms with Crippen LogP contribution in [0.3, 0.4) is 0 Å². The van der Waals surface area contributed by atoms with Crippen molar-refractivity contribution in [2.75, 3.05) is 13.7 Å². The van der Waals surface area contributed by atoms with Gasteiger partial charge in [0, 0.05) is 10.6 Å². The van der Waals surface area contributed by atoms with Gasteiger partial charge < -0.3 is 10.5 Å². The lowest BCUT2D eigenvalue weighted by Gasteiger charge is -2.12. The van der Waals surface area contributed by atoms with Gasteiger partial charge in [-0.2, -0.15) is 0 Å². The first-order valence-electron chi connectivity index (χ1n) is 5.98. The van der Waals surface area contributed by atoms with Crippen LogP contribution in [0.25, 0.3) is 11.1 Å². The third kappa shape index (κ3) is 3.21. The number of hydrogen-bond acceptors (Lipinski definition) is 2. The Labute approximate surface area is 123 Å². The second kappa shape index (κ2) is 6.29. The maximum absolute atomic E-state index is 6.16. The Morgan fingerprint density at radius 3 is 2.63 bits per heavy atom. The van der Waals surface area contributed by atoms with Gasteiger partial charge in [-0.15, -0.1) is 0 Å². The summed E-state index contributed by atoms with van der Waals surface area (Å²) in [5.41, 5.74) is 8.67. The van der Waals surface area contributed by atoms with Crippen molar-refractivity contribution in [3.8, 4) is 16.9 Å². The predicted molar refractivity (Wildman–Crippen MR) is 81.2 cm³/mol. The fraction of sp³-hybridized carbons (Fsp3) is 0.200. The highest BCUT2D eigenvalue weighted by Gasteiger charge is 2.12. The molecule has 4 heteroatoms. The highest BCUT2D eigenvalue weighted by atomic mass is 35.5. The van der Waals surface area contributed by atoms with Crippen LogP contribution in [0.1, 0.15) is 5.56 Å². The molecule has 0 saturated carbocycles. The van der Waals surface area contributed by atoms with Crippen molar-refractivity contribution in [2.45, 2.75) is 6.42 Å². The number of hydrogen-bond donors (Lipinski definition) is 1. The maximum atomic E-state index is 6.16. The average Bonchev–Trinajstić information content (AvgIpc) is 2.38. The van der Waals surface area contributed by atoms with E-state index in [1.165, 1.54) is 5.56 Å². The minimum absolute atomic E-state index is 0.509. The molecule has 0 aliphatic heterocycles. The van der Waals surface area contributed by atoms with Gasteiger partial charge in [-0.3, -0.25) is 0 Å². The molecule has 2 aromatic carbocycles. The molecule has 0 radical (unpaired) electrons. The number of benzene rings is 2. The summed E-state index contributed by atoms with van der Waals surface area (Å²) >= 11 is 12.2. The number of ether oxygens (including phenoxy) is 1. The molecule has 0 spiro atoms. The molecule has 2 N–H and O–H groups in total. The molecular weight excluding hydrogens is 281 g/mol. The Kier molecular flexibility index (Phi) is 4.70. The maximum Gasteiger partial charge on any atom is 0.145 e. The second-order valence-corrected chi connectivity index (χ2v) is 5.05. The third-order valence-electron chi connectivity index (χ3n) is 2.88. The Morgan fingerprint density at radius 2 is 1.95 bits per heavy atom. The van der Waals surface area contributed by atoms with E-state index < -0.39 is 0 Å². The number of nitrogens with two attached hydrogens (primary N) is 1. The van der Waals surface area contributed by atoms with E-state index in [2.05, 4.69) is 12.1 Å². The molecule has 0 amide bonds. The number of rotatable bonds is 4. The van der Waals surface area contributed by atoms with Crippen LogP contribution in [0.2, 0.25) is 10.0 Å². The van der Waals surface area contributed by atoms with Crippen LogP contribution in [0.15, 0.2) is 36.4 Å². The molecule has 2 nitrogen and oxygen atoms in total. The molecular formula is C15H15Cl2NO. The van der Waals surface area contributed by atoms with Crippen molar-refractivity contribution in [2.24, 2.45) is 5.73 Å². The quantitative estimate of drug-likeness (QED) is 0.919. The lowest BCUT2D eigenvalue weighted by molar-refractivity contribution is 0.416. The van der Waals surface area contributed by atoms with E-state index in [1.54, 1.807) is 13.2 Å². The molecule has 0 bridgehead atoms. The summed E-state index contributed by atoms with van der Waals surface area (Å²) in [4.78, 5) is 0. The van der Waals surface area contributed by atoms with Gasteiger partial charge in [-0.1, -0.05) is 47.5 Å². The third-order valence-corrected chi connectivity index (χ3v) is 3.38. The number of halogens is 2. The lowest BCUT2D eigenvalue weighted by atomic mass is 10.0. The smallest absolute Gasteiger partial charge is 0.145 e. The first kappa shape index (κ1) is 14.2. The number of methoxy groups -OCH3 is 1. The van der Waals surface area contributed by atoms with Crippen molar-refractivity contribution in [3.63, 3.8) is 0 Å². The highest BCUT2D eigenvalue weighted by molar-refractivity contribution is 6.36. The van der Waals surface area contributed by atoms with Crippen LogP contribution in [-0.4, -0.2) is 13.7 Å². The Morgan fingerprint density at radius 1 is 1.16 bits per heavy atom. The molecule has 0 aliphatic carbocycles. The zero-order valence-corrected chi connectivity index (χ0v) is 12.1. The normalized spacial score (nSPS) is 10.5. The summed E-state index contributed by atoms with van der Waals surface area (Å²) in [6.45, 7) is 0.622. The SMILES string of the molecule is COc1c(Cl)cc(Cl)cc1-c1cccc(CCN)c1. The van der Waals surface area contributed by atoms with Crippen molar-refractivity contribution >= 4 is 23.2 Å². The topological polar surface area (TPSA) is 35.2 Å². The van der Waals surface area contributed by atoms with Gasteiger partial charge in [0.05, 0.1) is 12.1 Å². The molecule has 0 heterocycles. The monoisotopic (exact) mass is 295 g/mol. The van der Waals surface area contributed by atoms with Gasteiger partial charge in [-0.25, -0.2) is 0 Å². The molecule has 0 aromatic heterocycles. The van der Waals surface area contributed by atoms with Gasteiger partial charge in [-0.05, 0) is 36.2 Å². The zero-order chi connectivity index (χ0) is 13.8. The highest BCUT2D eigenvalue weighted by Crippen LogP contribution is 2.38. The minimum atomic E-state index is 0.509. The van der Waals surface area contributed by atoms with E-state index in [0.717, 1.165) is 17.5 Å². The summed E-state index contributed by atoms with van der Waals surface area (Å²) in [6, 6.07) is 11.7. The van der Waals surface area contributed by atoms with Gasteiger partial charge >= 0.3 is 0 Å². The van der Waals surface area contributed by atoms with Crippen molar-refractivity contribution in [1.29, 1.82) is 0 Å². The Bertz CT molecular complexity index is 584. The van der Waals surface area contributed by atoms with Crippen LogP contribution in [0.5, 0.6) is 5.75 Å². The first-order chi connectivity index (χ1) is 9.15. The zero-order valence-electron chi connectivity index (χ0n) is 10.6. The predicted octanol–water partition coefficient (Wildman–Crippen LogP) is 4.17. The largest absolute Gasteiger partial charge is 0.495 e.